The van der Waals surface area contributed by atoms with Gasteiger partial charge in [-0.1, -0.05) is 18.2 Å². The molecule has 1 fully saturated rings. The summed E-state index contributed by atoms with van der Waals surface area (Å²) in [7, 11) is 0. The molecule has 3 nitrogen and oxygen atoms in total. The number of hydrogen-bond donors (Lipinski definition) is 1. The summed E-state index contributed by atoms with van der Waals surface area (Å²) in [6, 6.07) is 10.4. The molecule has 2 unspecified atom stereocenters. The molecule has 1 aliphatic heterocycles. The Morgan fingerprint density at radius 2 is 2.20 bits per heavy atom. The Bertz CT molecular complexity index is 580. The van der Waals surface area contributed by atoms with Crippen LogP contribution in [0.5, 0.6) is 0 Å². The second-order valence-corrected chi connectivity index (χ2v) is 6.38. The van der Waals surface area contributed by atoms with Gasteiger partial charge < -0.3 is 10.6 Å². The van der Waals surface area contributed by atoms with Gasteiger partial charge in [-0.05, 0) is 43.3 Å². The molecular formula is C15H19ClN2OS. The van der Waals surface area contributed by atoms with Gasteiger partial charge in [0.25, 0.3) is 5.91 Å². The minimum atomic E-state index is 0. The van der Waals surface area contributed by atoms with Gasteiger partial charge in [-0.2, -0.15) is 0 Å². The van der Waals surface area contributed by atoms with Crippen molar-refractivity contribution < 1.29 is 4.79 Å². The number of fused-ring (bicyclic) bond motifs is 1. The van der Waals surface area contributed by atoms with Crippen molar-refractivity contribution in [3.63, 3.8) is 0 Å². The van der Waals surface area contributed by atoms with Gasteiger partial charge >= 0.3 is 0 Å². The van der Waals surface area contributed by atoms with E-state index < -0.39 is 0 Å². The fraction of sp³-hybridized carbons (Fsp3) is 0.400. The molecule has 1 amide bonds. The number of amides is 1. The Morgan fingerprint density at radius 1 is 1.45 bits per heavy atom. The van der Waals surface area contributed by atoms with Crippen LogP contribution in [0.1, 0.15) is 23.0 Å². The van der Waals surface area contributed by atoms with Crippen LogP contribution >= 0.6 is 23.7 Å². The molecule has 108 valence electrons. The number of nitrogens with zero attached hydrogens (tertiary/aromatic N) is 1. The molecule has 0 bridgehead atoms. The number of hydrogen-bond acceptors (Lipinski definition) is 3. The summed E-state index contributed by atoms with van der Waals surface area (Å²) in [6.45, 7) is 3.58. The van der Waals surface area contributed by atoms with Crippen molar-refractivity contribution in [2.75, 3.05) is 13.1 Å². The van der Waals surface area contributed by atoms with Crippen molar-refractivity contribution in [1.82, 2.24) is 4.90 Å². The lowest BCUT2D eigenvalue weighted by molar-refractivity contribution is 0.0748. The van der Waals surface area contributed by atoms with Crippen LogP contribution < -0.4 is 5.73 Å². The topological polar surface area (TPSA) is 46.3 Å². The predicted octanol–water partition coefficient (Wildman–Crippen LogP) is 3.13. The van der Waals surface area contributed by atoms with Crippen LogP contribution in [-0.4, -0.2) is 29.9 Å². The number of likely N-dealkylation sites (tertiary alicyclic amines) is 1. The molecule has 3 rings (SSSR count). The molecule has 2 aromatic rings. The fourth-order valence-corrected chi connectivity index (χ4v) is 3.84. The number of benzene rings is 1. The number of rotatable bonds is 2. The average Bonchev–Trinajstić information content (AvgIpc) is 3.01. The molecule has 1 aliphatic rings. The summed E-state index contributed by atoms with van der Waals surface area (Å²) in [5, 5.41) is 1.15. The SMILES string of the molecule is CC1CC(CN)CN1C(=O)c1cc2ccccc2s1.Cl. The summed E-state index contributed by atoms with van der Waals surface area (Å²) in [5.41, 5.74) is 5.72. The van der Waals surface area contributed by atoms with Gasteiger partial charge in [-0.3, -0.25) is 4.79 Å². The molecule has 2 atom stereocenters. The van der Waals surface area contributed by atoms with E-state index in [2.05, 4.69) is 19.1 Å². The Labute approximate surface area is 129 Å². The Hall–Kier alpha value is -1.10. The minimum Gasteiger partial charge on any atom is -0.335 e. The molecule has 20 heavy (non-hydrogen) atoms. The first-order valence-corrected chi connectivity index (χ1v) is 7.50. The third-order valence-corrected chi connectivity index (χ3v) is 5.00. The zero-order chi connectivity index (χ0) is 13.4. The van der Waals surface area contributed by atoms with Crippen LogP contribution in [0.15, 0.2) is 30.3 Å². The molecule has 0 aliphatic carbocycles. The largest absolute Gasteiger partial charge is 0.335 e. The van der Waals surface area contributed by atoms with Crippen molar-refractivity contribution in [3.8, 4) is 0 Å². The van der Waals surface area contributed by atoms with Crippen LogP contribution in [-0.2, 0) is 0 Å². The third-order valence-electron chi connectivity index (χ3n) is 3.89. The summed E-state index contributed by atoms with van der Waals surface area (Å²) in [6.07, 6.45) is 1.02. The Balaban J connectivity index is 0.00000147. The Morgan fingerprint density at radius 3 is 2.85 bits per heavy atom. The molecule has 1 aromatic carbocycles. The average molecular weight is 311 g/mol. The van der Waals surface area contributed by atoms with E-state index in [1.807, 2.05) is 23.1 Å². The van der Waals surface area contributed by atoms with Crippen LogP contribution in [0, 0.1) is 5.92 Å². The highest BCUT2D eigenvalue weighted by Gasteiger charge is 2.32. The molecule has 1 aromatic heterocycles. The van der Waals surface area contributed by atoms with E-state index in [0.29, 0.717) is 18.5 Å². The van der Waals surface area contributed by atoms with Gasteiger partial charge in [-0.25, -0.2) is 0 Å². The van der Waals surface area contributed by atoms with Crippen LogP contribution in [0.2, 0.25) is 0 Å². The Kier molecular flexibility index (Phi) is 4.68. The molecule has 2 heterocycles. The number of thiophene rings is 1. The first kappa shape index (κ1) is 15.3. The van der Waals surface area contributed by atoms with Gasteiger partial charge in [0, 0.05) is 17.3 Å². The summed E-state index contributed by atoms with van der Waals surface area (Å²) < 4.78 is 1.17. The summed E-state index contributed by atoms with van der Waals surface area (Å²) in [5.74, 6) is 0.609. The monoisotopic (exact) mass is 310 g/mol. The van der Waals surface area contributed by atoms with Gasteiger partial charge in [-0.15, -0.1) is 23.7 Å². The second kappa shape index (κ2) is 6.12. The first-order valence-electron chi connectivity index (χ1n) is 6.68. The first-order chi connectivity index (χ1) is 9.19. The van der Waals surface area contributed by atoms with E-state index in [1.54, 1.807) is 11.3 Å². The van der Waals surface area contributed by atoms with Crippen molar-refractivity contribution in [2.24, 2.45) is 11.7 Å². The van der Waals surface area contributed by atoms with Gasteiger partial charge in [0.1, 0.15) is 0 Å². The minimum absolute atomic E-state index is 0. The predicted molar refractivity (Wildman–Crippen MR) is 86.7 cm³/mol. The maximum Gasteiger partial charge on any atom is 0.264 e. The van der Waals surface area contributed by atoms with Crippen molar-refractivity contribution in [2.45, 2.75) is 19.4 Å². The zero-order valence-corrected chi connectivity index (χ0v) is 13.0. The summed E-state index contributed by atoms with van der Waals surface area (Å²) >= 11 is 1.58. The maximum absolute atomic E-state index is 12.6. The van der Waals surface area contributed by atoms with E-state index in [0.717, 1.165) is 23.2 Å². The molecular weight excluding hydrogens is 292 g/mol. The molecule has 2 N–H and O–H groups in total. The maximum atomic E-state index is 12.6. The van der Waals surface area contributed by atoms with E-state index in [-0.39, 0.29) is 18.3 Å². The van der Waals surface area contributed by atoms with Gasteiger partial charge in [0.2, 0.25) is 0 Å². The third kappa shape index (κ3) is 2.68. The highest BCUT2D eigenvalue weighted by atomic mass is 35.5. The van der Waals surface area contributed by atoms with Gasteiger partial charge in [0.05, 0.1) is 4.88 Å². The molecule has 0 saturated carbocycles. The number of carbonyl (C=O) groups excluding carboxylic acids is 1. The van der Waals surface area contributed by atoms with Gasteiger partial charge in [0.15, 0.2) is 0 Å². The number of nitrogens with two attached hydrogens (primary N) is 1. The quantitative estimate of drug-likeness (QED) is 0.926. The highest BCUT2D eigenvalue weighted by Crippen LogP contribution is 2.30. The molecule has 1 saturated heterocycles. The van der Waals surface area contributed by atoms with Crippen molar-refractivity contribution in [1.29, 1.82) is 0 Å². The number of carbonyl (C=O) groups is 1. The van der Waals surface area contributed by atoms with E-state index in [4.69, 9.17) is 5.73 Å². The van der Waals surface area contributed by atoms with Crippen LogP contribution in [0.3, 0.4) is 0 Å². The van der Waals surface area contributed by atoms with E-state index in [1.165, 1.54) is 4.70 Å². The lowest BCUT2D eigenvalue weighted by Crippen LogP contribution is -2.33. The number of halogens is 1. The smallest absolute Gasteiger partial charge is 0.264 e. The standard InChI is InChI=1S/C15H18N2OS.ClH/c1-10-6-11(8-16)9-17(10)15(18)14-7-12-4-2-3-5-13(12)19-14;/h2-5,7,10-11H,6,8-9,16H2,1H3;1H. The molecule has 0 radical (unpaired) electrons. The molecule has 5 heteroatoms. The zero-order valence-electron chi connectivity index (χ0n) is 11.4. The van der Waals surface area contributed by atoms with Crippen molar-refractivity contribution >= 4 is 39.7 Å². The lowest BCUT2D eigenvalue weighted by atomic mass is 10.1. The van der Waals surface area contributed by atoms with E-state index in [9.17, 15) is 4.79 Å². The van der Waals surface area contributed by atoms with Crippen molar-refractivity contribution in [3.05, 3.63) is 35.2 Å². The van der Waals surface area contributed by atoms with Crippen LogP contribution in [0.4, 0.5) is 0 Å². The van der Waals surface area contributed by atoms with E-state index >= 15 is 0 Å². The lowest BCUT2D eigenvalue weighted by Gasteiger charge is -2.20. The fourth-order valence-electron chi connectivity index (χ4n) is 2.82. The molecule has 0 spiro atoms. The highest BCUT2D eigenvalue weighted by molar-refractivity contribution is 7.20. The normalized spacial score (nSPS) is 22.0. The second-order valence-electron chi connectivity index (χ2n) is 5.29. The van der Waals surface area contributed by atoms with Crippen LogP contribution in [0.25, 0.3) is 10.1 Å². The summed E-state index contributed by atoms with van der Waals surface area (Å²) in [4.78, 5) is 15.4.